The third-order valence-electron chi connectivity index (χ3n) is 7.38. The third kappa shape index (κ3) is 4.60. The van der Waals surface area contributed by atoms with E-state index in [-0.39, 0.29) is 5.75 Å². The van der Waals surface area contributed by atoms with Crippen LogP contribution in [0, 0.1) is 35.3 Å². The lowest BCUT2D eigenvalue weighted by molar-refractivity contribution is 0.187. The maximum absolute atomic E-state index is 14.5. The second kappa shape index (κ2) is 8.97. The van der Waals surface area contributed by atoms with Gasteiger partial charge in [0.15, 0.2) is 11.6 Å². The van der Waals surface area contributed by atoms with Crippen LogP contribution in [0.3, 0.4) is 0 Å². The fourth-order valence-electron chi connectivity index (χ4n) is 5.40. The number of benzene rings is 1. The van der Waals surface area contributed by atoms with Crippen molar-refractivity contribution in [3.8, 4) is 5.75 Å². The molecule has 1 aromatic rings. The minimum absolute atomic E-state index is 0.0106. The minimum atomic E-state index is -0.855. The van der Waals surface area contributed by atoms with Crippen molar-refractivity contribution in [1.82, 2.24) is 0 Å². The van der Waals surface area contributed by atoms with Crippen molar-refractivity contribution in [2.75, 3.05) is 6.61 Å². The van der Waals surface area contributed by atoms with Crippen molar-refractivity contribution >= 4 is 5.57 Å². The fourth-order valence-corrected chi connectivity index (χ4v) is 5.40. The monoisotopic (exact) mass is 388 g/mol. The second-order valence-electron chi connectivity index (χ2n) is 9.24. The topological polar surface area (TPSA) is 9.23 Å². The van der Waals surface area contributed by atoms with Gasteiger partial charge >= 0.3 is 0 Å². The lowest BCUT2D eigenvalue weighted by Crippen LogP contribution is -2.23. The van der Waals surface area contributed by atoms with Crippen LogP contribution in [-0.2, 0) is 0 Å². The van der Waals surface area contributed by atoms with Crippen molar-refractivity contribution in [3.63, 3.8) is 0 Å². The van der Waals surface area contributed by atoms with E-state index in [4.69, 9.17) is 4.74 Å². The van der Waals surface area contributed by atoms with E-state index in [1.165, 1.54) is 51.4 Å². The Morgan fingerprint density at radius 1 is 0.857 bits per heavy atom. The van der Waals surface area contributed by atoms with Crippen LogP contribution < -0.4 is 4.74 Å². The summed E-state index contributed by atoms with van der Waals surface area (Å²) in [5.41, 5.74) is 1.39. The summed E-state index contributed by atoms with van der Waals surface area (Å²) in [5.74, 6) is 1.98. The van der Waals surface area contributed by atoms with E-state index in [0.29, 0.717) is 12.2 Å². The Bertz CT molecular complexity index is 699. The summed E-state index contributed by atoms with van der Waals surface area (Å²) in [6.07, 6.45) is 16.6. The molecule has 154 valence electrons. The molecule has 2 saturated carbocycles. The number of rotatable bonds is 7. The SMILES string of the molecule is CCOc1ccc(C2=CCC(C3CCC(CCC4CC4)CC3)CC2)c(F)c1F. The highest BCUT2D eigenvalue weighted by molar-refractivity contribution is 5.67. The molecule has 0 amide bonds. The van der Waals surface area contributed by atoms with Gasteiger partial charge in [-0.1, -0.05) is 44.6 Å². The Labute approximate surface area is 168 Å². The molecule has 0 N–H and O–H groups in total. The fraction of sp³-hybridized carbons (Fsp3) is 0.680. The maximum atomic E-state index is 14.5. The molecule has 1 nitrogen and oxygen atoms in total. The normalized spacial score (nSPS) is 28.1. The van der Waals surface area contributed by atoms with E-state index in [1.807, 2.05) is 0 Å². The van der Waals surface area contributed by atoms with Crippen molar-refractivity contribution in [3.05, 3.63) is 35.4 Å². The quantitative estimate of drug-likeness (QED) is 0.469. The van der Waals surface area contributed by atoms with Crippen molar-refractivity contribution in [1.29, 1.82) is 0 Å². The third-order valence-corrected chi connectivity index (χ3v) is 7.38. The Morgan fingerprint density at radius 3 is 2.11 bits per heavy atom. The van der Waals surface area contributed by atoms with E-state index in [1.54, 1.807) is 19.1 Å². The summed E-state index contributed by atoms with van der Waals surface area (Å²) < 4.78 is 33.9. The van der Waals surface area contributed by atoms with E-state index < -0.39 is 11.6 Å². The van der Waals surface area contributed by atoms with E-state index >= 15 is 0 Å². The summed E-state index contributed by atoms with van der Waals surface area (Å²) in [4.78, 5) is 0. The zero-order valence-electron chi connectivity index (χ0n) is 17.2. The Morgan fingerprint density at radius 2 is 1.54 bits per heavy atom. The van der Waals surface area contributed by atoms with Crippen molar-refractivity contribution in [2.45, 2.75) is 77.6 Å². The number of hydrogen-bond donors (Lipinski definition) is 0. The maximum Gasteiger partial charge on any atom is 0.201 e. The van der Waals surface area contributed by atoms with Gasteiger partial charge in [0.25, 0.3) is 0 Å². The minimum Gasteiger partial charge on any atom is -0.491 e. The predicted octanol–water partition coefficient (Wildman–Crippen LogP) is 7.54. The molecule has 1 aromatic carbocycles. The van der Waals surface area contributed by atoms with Crippen LogP contribution in [0.4, 0.5) is 8.78 Å². The number of halogens is 2. The van der Waals surface area contributed by atoms with Gasteiger partial charge in [-0.2, -0.15) is 4.39 Å². The summed E-state index contributed by atoms with van der Waals surface area (Å²) in [6.45, 7) is 2.11. The Kier molecular flexibility index (Phi) is 6.38. The van der Waals surface area contributed by atoms with E-state index in [0.717, 1.165) is 48.5 Å². The van der Waals surface area contributed by atoms with Crippen LogP contribution >= 0.6 is 0 Å². The highest BCUT2D eigenvalue weighted by atomic mass is 19.2. The molecule has 0 heterocycles. The molecule has 3 heteroatoms. The second-order valence-corrected chi connectivity index (χ2v) is 9.24. The average Bonchev–Trinajstić information content (AvgIpc) is 3.55. The first-order chi connectivity index (χ1) is 13.7. The van der Waals surface area contributed by atoms with Crippen LogP contribution in [0.25, 0.3) is 5.57 Å². The lowest BCUT2D eigenvalue weighted by Gasteiger charge is -2.35. The Balaban J connectivity index is 1.31. The van der Waals surface area contributed by atoms with Gasteiger partial charge < -0.3 is 4.74 Å². The van der Waals surface area contributed by atoms with Crippen LogP contribution in [-0.4, -0.2) is 6.61 Å². The van der Waals surface area contributed by atoms with Crippen LogP contribution in [0.2, 0.25) is 0 Å². The molecule has 1 atom stereocenters. The number of ether oxygens (including phenoxy) is 1. The van der Waals surface area contributed by atoms with Gasteiger partial charge in [0.05, 0.1) is 6.61 Å². The largest absolute Gasteiger partial charge is 0.491 e. The van der Waals surface area contributed by atoms with Gasteiger partial charge in [0.1, 0.15) is 0 Å². The molecule has 0 bridgehead atoms. The summed E-state index contributed by atoms with van der Waals surface area (Å²) in [6, 6.07) is 3.24. The van der Waals surface area contributed by atoms with Crippen molar-refractivity contribution in [2.24, 2.45) is 23.7 Å². The van der Waals surface area contributed by atoms with E-state index in [2.05, 4.69) is 6.08 Å². The molecule has 3 aliphatic carbocycles. The average molecular weight is 389 g/mol. The number of hydrogen-bond acceptors (Lipinski definition) is 1. The molecule has 0 aromatic heterocycles. The summed E-state index contributed by atoms with van der Waals surface area (Å²) in [7, 11) is 0. The molecular formula is C25H34F2O. The van der Waals surface area contributed by atoms with Gasteiger partial charge in [-0.15, -0.1) is 0 Å². The molecular weight excluding hydrogens is 354 g/mol. The number of allylic oxidation sites excluding steroid dienone is 2. The first kappa shape index (κ1) is 19.9. The highest BCUT2D eigenvalue weighted by Gasteiger charge is 2.30. The van der Waals surface area contributed by atoms with Gasteiger partial charge in [-0.05, 0) is 80.4 Å². The summed E-state index contributed by atoms with van der Waals surface area (Å²) in [5, 5.41) is 0. The molecule has 0 aliphatic heterocycles. The molecule has 0 radical (unpaired) electrons. The van der Waals surface area contributed by atoms with E-state index in [9.17, 15) is 8.78 Å². The lowest BCUT2D eigenvalue weighted by atomic mass is 9.70. The predicted molar refractivity (Wildman–Crippen MR) is 110 cm³/mol. The van der Waals surface area contributed by atoms with Gasteiger partial charge in [0.2, 0.25) is 5.82 Å². The molecule has 1 unspecified atom stereocenters. The highest BCUT2D eigenvalue weighted by Crippen LogP contribution is 2.44. The summed E-state index contributed by atoms with van der Waals surface area (Å²) >= 11 is 0. The van der Waals surface area contributed by atoms with Gasteiger partial charge in [0, 0.05) is 5.56 Å². The molecule has 3 aliphatic rings. The molecule has 0 spiro atoms. The van der Waals surface area contributed by atoms with Crippen LogP contribution in [0.15, 0.2) is 18.2 Å². The molecule has 2 fully saturated rings. The standard InChI is InChI=1S/C25H34F2O/c1-2-28-23-16-15-22(24(26)25(23)27)21-13-11-20(12-14-21)19-9-7-18(8-10-19)6-5-17-3-4-17/h13,15-20H,2-12,14H2,1H3. The van der Waals surface area contributed by atoms with Crippen LogP contribution in [0.1, 0.15) is 83.1 Å². The van der Waals surface area contributed by atoms with Gasteiger partial charge in [-0.25, -0.2) is 4.39 Å². The zero-order chi connectivity index (χ0) is 19.5. The van der Waals surface area contributed by atoms with Crippen LogP contribution in [0.5, 0.6) is 5.75 Å². The first-order valence-corrected chi connectivity index (χ1v) is 11.5. The molecule has 0 saturated heterocycles. The Hall–Kier alpha value is -1.38. The van der Waals surface area contributed by atoms with Crippen molar-refractivity contribution < 1.29 is 13.5 Å². The molecule has 28 heavy (non-hydrogen) atoms. The first-order valence-electron chi connectivity index (χ1n) is 11.5. The zero-order valence-corrected chi connectivity index (χ0v) is 17.2. The van der Waals surface area contributed by atoms with Gasteiger partial charge in [-0.3, -0.25) is 0 Å². The molecule has 4 rings (SSSR count). The smallest absolute Gasteiger partial charge is 0.201 e.